The first-order valence-corrected chi connectivity index (χ1v) is 23.6. The fourth-order valence-electron chi connectivity index (χ4n) is 6.75. The molecule has 2 aromatic carbocycles. The van der Waals surface area contributed by atoms with Gasteiger partial charge in [-0.3, -0.25) is 14.4 Å². The topological polar surface area (TPSA) is 204 Å². The number of halogens is 1. The first-order chi connectivity index (χ1) is 26.1. The predicted octanol–water partition coefficient (Wildman–Crippen LogP) is 5.91. The molecule has 2 aliphatic carbocycles. The molecule has 2 aromatic rings. The molecule has 2 aliphatic rings. The Bertz CT molecular complexity index is 1810. The van der Waals surface area contributed by atoms with E-state index in [-0.39, 0.29) is 41.6 Å². The van der Waals surface area contributed by atoms with Crippen molar-refractivity contribution < 1.29 is 45.9 Å². The number of hydrogen-bond donors (Lipinski definition) is 3. The summed E-state index contributed by atoms with van der Waals surface area (Å²) in [6.45, 7) is 5.56. The number of carboxylic acid groups (broad SMARTS) is 1. The molecular formula is C42H65ClN2O10S2. The lowest BCUT2D eigenvalue weighted by Crippen LogP contribution is -2.52. The lowest BCUT2D eigenvalue weighted by atomic mass is 9.65. The maximum absolute atomic E-state index is 13.0. The Balaban J connectivity index is 0.000000471. The smallest absolute Gasteiger partial charge is 0.328 e. The number of carbonyl (C=O) groups excluding carboxylic acids is 3. The summed E-state index contributed by atoms with van der Waals surface area (Å²) in [6.07, 6.45) is 12.2. The van der Waals surface area contributed by atoms with Crippen LogP contribution in [0.1, 0.15) is 106 Å². The van der Waals surface area contributed by atoms with Gasteiger partial charge in [-0.15, -0.1) is 12.4 Å². The van der Waals surface area contributed by atoms with Crippen molar-refractivity contribution in [1.29, 1.82) is 0 Å². The second kappa shape index (κ2) is 23.9. The van der Waals surface area contributed by atoms with Gasteiger partial charge in [-0.25, -0.2) is 21.6 Å². The molecule has 15 heteroatoms. The number of ether oxygens (including phenoxy) is 1. The number of rotatable bonds is 19. The molecule has 2 atom stereocenters. The third-order valence-electron chi connectivity index (χ3n) is 10.8. The van der Waals surface area contributed by atoms with E-state index in [0.717, 1.165) is 55.2 Å². The number of ketones is 1. The molecule has 0 radical (unpaired) electrons. The Kier molecular flexibility index (Phi) is 21.7. The van der Waals surface area contributed by atoms with Crippen LogP contribution >= 0.6 is 12.4 Å². The van der Waals surface area contributed by atoms with Gasteiger partial charge in [0.05, 0.1) is 18.6 Å². The average molecular weight is 858 g/mol. The third kappa shape index (κ3) is 18.9. The molecule has 2 unspecified atom stereocenters. The highest BCUT2D eigenvalue weighted by atomic mass is 35.5. The highest BCUT2D eigenvalue weighted by Gasteiger charge is 2.45. The summed E-state index contributed by atoms with van der Waals surface area (Å²) < 4.78 is 49.2. The largest absolute Gasteiger partial charge is 0.481 e. The second-order valence-electron chi connectivity index (χ2n) is 15.9. The molecule has 1 amide bonds. The van der Waals surface area contributed by atoms with Crippen molar-refractivity contribution >= 4 is 55.7 Å². The first-order valence-electron chi connectivity index (χ1n) is 19.5. The minimum absolute atomic E-state index is 0. The fraction of sp³-hybridized carbons (Fsp3) is 0.619. The monoisotopic (exact) mass is 856 g/mol. The van der Waals surface area contributed by atoms with Crippen LogP contribution in [0.15, 0.2) is 48.5 Å². The highest BCUT2D eigenvalue weighted by Crippen LogP contribution is 2.46. The van der Waals surface area contributed by atoms with Gasteiger partial charge in [0, 0.05) is 35.9 Å². The number of carboxylic acids is 1. The first kappa shape index (κ1) is 51.7. The van der Waals surface area contributed by atoms with E-state index < -0.39 is 48.5 Å². The van der Waals surface area contributed by atoms with Crippen LogP contribution in [0.25, 0.3) is 0 Å². The molecule has 0 heterocycles. The average Bonchev–Trinajstić information content (AvgIpc) is 3.07. The molecule has 0 aliphatic heterocycles. The molecule has 0 spiro atoms. The number of carbonyl (C=O) groups is 4. The van der Waals surface area contributed by atoms with Crippen molar-refractivity contribution in [2.75, 3.05) is 31.1 Å². The van der Waals surface area contributed by atoms with Gasteiger partial charge in [-0.2, -0.15) is 0 Å². The summed E-state index contributed by atoms with van der Waals surface area (Å²) in [5, 5.41) is 11.9. The third-order valence-corrected chi connectivity index (χ3v) is 12.9. The minimum atomic E-state index is -2.98. The molecule has 57 heavy (non-hydrogen) atoms. The Morgan fingerprint density at radius 2 is 1.14 bits per heavy atom. The van der Waals surface area contributed by atoms with E-state index in [1.54, 1.807) is 0 Å². The van der Waals surface area contributed by atoms with Gasteiger partial charge in [0.1, 0.15) is 31.5 Å². The molecule has 0 saturated heterocycles. The van der Waals surface area contributed by atoms with Gasteiger partial charge in [-0.05, 0) is 89.7 Å². The van der Waals surface area contributed by atoms with Gasteiger partial charge in [-0.1, -0.05) is 85.3 Å². The van der Waals surface area contributed by atoms with E-state index >= 15 is 0 Å². The number of methoxy groups -OCH3 is 1. The lowest BCUT2D eigenvalue weighted by Gasteiger charge is -2.41. The van der Waals surface area contributed by atoms with Crippen molar-refractivity contribution in [1.82, 2.24) is 5.32 Å². The number of aliphatic carboxylic acids is 1. The van der Waals surface area contributed by atoms with Gasteiger partial charge in [0.25, 0.3) is 0 Å². The van der Waals surface area contributed by atoms with Crippen molar-refractivity contribution in [3.05, 3.63) is 70.8 Å². The summed E-state index contributed by atoms with van der Waals surface area (Å²) in [5.74, 6) is -0.944. The zero-order valence-electron chi connectivity index (χ0n) is 34.5. The lowest BCUT2D eigenvalue weighted by molar-refractivity contribution is -0.155. The Labute approximate surface area is 346 Å². The van der Waals surface area contributed by atoms with Crippen LogP contribution < -0.4 is 11.1 Å². The molecular weight excluding hydrogens is 792 g/mol. The van der Waals surface area contributed by atoms with Gasteiger partial charge in [0.15, 0.2) is 0 Å². The van der Waals surface area contributed by atoms with Crippen LogP contribution in [-0.4, -0.2) is 88.8 Å². The van der Waals surface area contributed by atoms with E-state index in [1.807, 2.05) is 62.4 Å². The van der Waals surface area contributed by atoms with Crippen molar-refractivity contribution in [3.63, 3.8) is 0 Å². The molecule has 12 nitrogen and oxygen atoms in total. The molecule has 4 rings (SSSR count). The van der Waals surface area contributed by atoms with Crippen molar-refractivity contribution in [3.8, 4) is 0 Å². The number of sulfone groups is 2. The number of aryl methyl sites for hydroxylation is 2. The van der Waals surface area contributed by atoms with E-state index in [1.165, 1.54) is 32.1 Å². The molecule has 2 saturated carbocycles. The van der Waals surface area contributed by atoms with E-state index in [4.69, 9.17) is 15.6 Å². The minimum Gasteiger partial charge on any atom is -0.481 e. The number of esters is 1. The number of nitrogens with two attached hydrogens (primary N) is 1. The zero-order chi connectivity index (χ0) is 42.2. The van der Waals surface area contributed by atoms with Crippen LogP contribution in [0, 0.1) is 24.7 Å². The number of amides is 1. The highest BCUT2D eigenvalue weighted by molar-refractivity contribution is 7.90. The summed E-state index contributed by atoms with van der Waals surface area (Å²) in [7, 11) is -4.56. The fourth-order valence-corrected chi connectivity index (χ4v) is 8.21. The summed E-state index contributed by atoms with van der Waals surface area (Å²) in [6, 6.07) is 14.8. The molecule has 4 N–H and O–H groups in total. The molecule has 2 fully saturated rings. The number of Topliss-reactive ketones (excluding diaryl/α,β-unsaturated/α-hetero) is 1. The maximum atomic E-state index is 13.0. The normalized spacial score (nSPS) is 16.2. The number of nitrogens with one attached hydrogen (secondary N) is 1. The standard InChI is InChI=1S/C21H31NO5S.C11H15NO.C10H18O4S.ClH/c1-16-7-9-17(10-8-16)15-18(19(23)27-2)22-20(24)21(12-6-13-21)11-4-5-14-28(3,25)26;1-8-3-5-10(6-4-8)7-11(12)9(2)13;1-15(13,14)8-3-2-5-10(9(11)12)6-4-7-10;/h7-10,18H,4-6,11-15H2,1-3H3,(H,22,24);3-6,11H,7,12H2,1-2H3;2-8H2,1H3,(H,11,12);1H. The zero-order valence-corrected chi connectivity index (χ0v) is 37.0. The van der Waals surface area contributed by atoms with Gasteiger partial charge >= 0.3 is 11.9 Å². The maximum Gasteiger partial charge on any atom is 0.328 e. The predicted molar refractivity (Wildman–Crippen MR) is 227 cm³/mol. The van der Waals surface area contributed by atoms with Gasteiger partial charge in [0.2, 0.25) is 5.91 Å². The van der Waals surface area contributed by atoms with Crippen LogP contribution in [0.4, 0.5) is 0 Å². The van der Waals surface area contributed by atoms with Crippen LogP contribution in [-0.2, 0) is 56.4 Å². The Hall–Kier alpha value is -3.33. The molecule has 0 bridgehead atoms. The van der Waals surface area contributed by atoms with Gasteiger partial charge < -0.3 is 20.9 Å². The van der Waals surface area contributed by atoms with E-state index in [0.29, 0.717) is 51.4 Å². The Morgan fingerprint density at radius 1 is 0.737 bits per heavy atom. The number of hydrogen-bond acceptors (Lipinski definition) is 10. The summed E-state index contributed by atoms with van der Waals surface area (Å²) in [4.78, 5) is 47.1. The quantitative estimate of drug-likeness (QED) is 0.112. The van der Waals surface area contributed by atoms with E-state index in [9.17, 15) is 36.0 Å². The van der Waals surface area contributed by atoms with Crippen LogP contribution in [0.2, 0.25) is 0 Å². The summed E-state index contributed by atoms with van der Waals surface area (Å²) >= 11 is 0. The van der Waals surface area contributed by atoms with Crippen molar-refractivity contribution in [2.45, 2.75) is 123 Å². The second-order valence-corrected chi connectivity index (χ2v) is 20.4. The van der Waals surface area contributed by atoms with Crippen molar-refractivity contribution in [2.24, 2.45) is 16.6 Å². The summed E-state index contributed by atoms with van der Waals surface area (Å²) in [5.41, 5.74) is 9.04. The number of benzene rings is 2. The van der Waals surface area contributed by atoms with E-state index in [2.05, 4.69) is 5.32 Å². The SMILES string of the molecule is CC(=O)C(N)Cc1ccc(C)cc1.COC(=O)C(Cc1ccc(C)cc1)NC(=O)C1(CCCCS(C)(=O)=O)CCC1.CS(=O)(=O)CCCCC1(C(=O)O)CCC1.Cl. The van der Waals surface area contributed by atoms with Crippen LogP contribution in [0.5, 0.6) is 0 Å². The molecule has 0 aromatic heterocycles. The molecule has 322 valence electrons. The van der Waals surface area contributed by atoms with Crippen LogP contribution in [0.3, 0.4) is 0 Å². The number of unbranched alkanes of at least 4 members (excludes halogenated alkanes) is 2. The Morgan fingerprint density at radius 3 is 1.47 bits per heavy atom.